The van der Waals surface area contributed by atoms with E-state index in [-0.39, 0.29) is 22.3 Å². The fraction of sp³-hybridized carbons (Fsp3) is 0.455. The standard InChI is InChI=1S/C22H28N4O3/c1-7-21(3,4)14-11-16(22(5,6)8-2)20(27)19(12-14)25-23-17-10-9-15(26(28)29)13-18(17)24-25/h9-13,27H,7-8H2,1-6H3. The Morgan fingerprint density at radius 3 is 2.21 bits per heavy atom. The van der Waals surface area contributed by atoms with Crippen molar-refractivity contribution in [3.63, 3.8) is 0 Å². The van der Waals surface area contributed by atoms with Crippen LogP contribution in [0.25, 0.3) is 16.7 Å². The summed E-state index contributed by atoms with van der Waals surface area (Å²) in [5, 5.41) is 31.1. The first-order valence-electron chi connectivity index (χ1n) is 9.90. The Morgan fingerprint density at radius 1 is 1.00 bits per heavy atom. The smallest absolute Gasteiger partial charge is 0.271 e. The molecule has 0 radical (unpaired) electrons. The molecule has 0 unspecified atom stereocenters. The summed E-state index contributed by atoms with van der Waals surface area (Å²) in [5.74, 6) is 0.141. The fourth-order valence-electron chi connectivity index (χ4n) is 3.20. The number of nitro benzene ring substituents is 1. The lowest BCUT2D eigenvalue weighted by Crippen LogP contribution is -2.21. The van der Waals surface area contributed by atoms with Crippen LogP contribution in [0.4, 0.5) is 5.69 Å². The van der Waals surface area contributed by atoms with Crippen LogP contribution in [0.15, 0.2) is 30.3 Å². The first-order chi connectivity index (χ1) is 13.5. The summed E-state index contributed by atoms with van der Waals surface area (Å²) >= 11 is 0. The van der Waals surface area contributed by atoms with E-state index in [1.165, 1.54) is 16.9 Å². The van der Waals surface area contributed by atoms with Gasteiger partial charge in [0.2, 0.25) is 0 Å². The minimum Gasteiger partial charge on any atom is -0.505 e. The molecule has 154 valence electrons. The van der Waals surface area contributed by atoms with Gasteiger partial charge in [-0.05, 0) is 41.4 Å². The highest BCUT2D eigenvalue weighted by Crippen LogP contribution is 2.41. The summed E-state index contributed by atoms with van der Waals surface area (Å²) in [6.45, 7) is 12.8. The first-order valence-corrected chi connectivity index (χ1v) is 9.90. The van der Waals surface area contributed by atoms with Crippen molar-refractivity contribution < 1.29 is 10.0 Å². The molecule has 7 nitrogen and oxygen atoms in total. The van der Waals surface area contributed by atoms with Crippen LogP contribution in [-0.4, -0.2) is 25.0 Å². The van der Waals surface area contributed by atoms with E-state index in [2.05, 4.69) is 57.8 Å². The van der Waals surface area contributed by atoms with Gasteiger partial charge in [-0.15, -0.1) is 15.0 Å². The van der Waals surface area contributed by atoms with Crippen molar-refractivity contribution in [1.82, 2.24) is 15.0 Å². The quantitative estimate of drug-likeness (QED) is 0.444. The zero-order valence-electron chi connectivity index (χ0n) is 17.9. The molecule has 3 rings (SSSR count). The lowest BCUT2D eigenvalue weighted by atomic mass is 9.76. The number of fused-ring (bicyclic) bond motifs is 1. The molecule has 1 heterocycles. The molecule has 0 amide bonds. The largest absolute Gasteiger partial charge is 0.505 e. The highest BCUT2D eigenvalue weighted by Gasteiger charge is 2.29. The highest BCUT2D eigenvalue weighted by atomic mass is 16.6. The lowest BCUT2D eigenvalue weighted by Gasteiger charge is -2.30. The van der Waals surface area contributed by atoms with Gasteiger partial charge in [0.05, 0.1) is 4.92 Å². The van der Waals surface area contributed by atoms with Gasteiger partial charge in [-0.2, -0.15) is 0 Å². The molecule has 0 fully saturated rings. The van der Waals surface area contributed by atoms with Crippen LogP contribution in [0.3, 0.4) is 0 Å². The minimum absolute atomic E-state index is 0.0394. The Hall–Kier alpha value is -2.96. The Kier molecular flexibility index (Phi) is 5.11. The number of hydrogen-bond acceptors (Lipinski definition) is 5. The monoisotopic (exact) mass is 396 g/mol. The van der Waals surface area contributed by atoms with Gasteiger partial charge in [-0.1, -0.05) is 47.6 Å². The van der Waals surface area contributed by atoms with Gasteiger partial charge in [0.15, 0.2) is 0 Å². The van der Waals surface area contributed by atoms with Crippen molar-refractivity contribution in [3.8, 4) is 11.4 Å². The third-order valence-corrected chi connectivity index (χ3v) is 6.16. The van der Waals surface area contributed by atoms with Crippen LogP contribution < -0.4 is 0 Å². The van der Waals surface area contributed by atoms with E-state index < -0.39 is 4.92 Å². The predicted molar refractivity (Wildman–Crippen MR) is 114 cm³/mol. The molecule has 0 aliphatic rings. The van der Waals surface area contributed by atoms with Crippen LogP contribution in [0.5, 0.6) is 5.75 Å². The van der Waals surface area contributed by atoms with E-state index in [1.54, 1.807) is 6.07 Å². The third-order valence-electron chi connectivity index (χ3n) is 6.16. The molecule has 0 bridgehead atoms. The summed E-state index contributed by atoms with van der Waals surface area (Å²) in [6, 6.07) is 8.38. The zero-order valence-corrected chi connectivity index (χ0v) is 17.9. The molecular formula is C22H28N4O3. The molecule has 0 saturated heterocycles. The Labute approximate surface area is 170 Å². The van der Waals surface area contributed by atoms with Crippen molar-refractivity contribution >= 4 is 16.7 Å². The molecule has 29 heavy (non-hydrogen) atoms. The van der Waals surface area contributed by atoms with Gasteiger partial charge in [-0.3, -0.25) is 10.1 Å². The third kappa shape index (κ3) is 3.69. The van der Waals surface area contributed by atoms with E-state index in [1.807, 2.05) is 6.07 Å². The maximum Gasteiger partial charge on any atom is 0.271 e. The van der Waals surface area contributed by atoms with Crippen LogP contribution in [0.1, 0.15) is 65.5 Å². The van der Waals surface area contributed by atoms with E-state index >= 15 is 0 Å². The summed E-state index contributed by atoms with van der Waals surface area (Å²) < 4.78 is 0. The summed E-state index contributed by atoms with van der Waals surface area (Å²) in [5.41, 5.74) is 3.01. The summed E-state index contributed by atoms with van der Waals surface area (Å²) in [7, 11) is 0. The number of rotatable bonds is 6. The van der Waals surface area contributed by atoms with Crippen molar-refractivity contribution in [3.05, 3.63) is 51.6 Å². The average Bonchev–Trinajstić information content (AvgIpc) is 3.10. The molecule has 1 N–H and O–H groups in total. The second kappa shape index (κ2) is 7.13. The van der Waals surface area contributed by atoms with Gasteiger partial charge in [0.1, 0.15) is 22.5 Å². The number of phenols is 1. The molecule has 0 spiro atoms. The second-order valence-electron chi connectivity index (χ2n) is 8.79. The molecular weight excluding hydrogens is 368 g/mol. The van der Waals surface area contributed by atoms with Gasteiger partial charge in [0.25, 0.3) is 5.69 Å². The molecule has 1 aromatic heterocycles. The number of nitrogens with zero attached hydrogens (tertiary/aromatic N) is 4. The van der Waals surface area contributed by atoms with Crippen molar-refractivity contribution in [2.24, 2.45) is 0 Å². The van der Waals surface area contributed by atoms with Gasteiger partial charge >= 0.3 is 0 Å². The minimum atomic E-state index is -0.456. The van der Waals surface area contributed by atoms with E-state index in [9.17, 15) is 15.2 Å². The van der Waals surface area contributed by atoms with Crippen molar-refractivity contribution in [2.75, 3.05) is 0 Å². The predicted octanol–water partition coefficient (Wildman–Crippen LogP) is 5.41. The maximum atomic E-state index is 11.1. The van der Waals surface area contributed by atoms with Crippen LogP contribution >= 0.6 is 0 Å². The van der Waals surface area contributed by atoms with Crippen LogP contribution in [-0.2, 0) is 10.8 Å². The molecule has 3 aromatic rings. The maximum absolute atomic E-state index is 11.1. The zero-order chi connectivity index (χ0) is 21.6. The van der Waals surface area contributed by atoms with Gasteiger partial charge in [0, 0.05) is 17.7 Å². The number of aromatic nitrogens is 3. The Bertz CT molecular complexity index is 1080. The lowest BCUT2D eigenvalue weighted by molar-refractivity contribution is -0.384. The number of non-ortho nitro benzene ring substituents is 1. The van der Waals surface area contributed by atoms with Crippen LogP contribution in [0.2, 0.25) is 0 Å². The molecule has 0 aliphatic carbocycles. The van der Waals surface area contributed by atoms with Crippen LogP contribution in [0, 0.1) is 10.1 Å². The van der Waals surface area contributed by atoms with Gasteiger partial charge in [-0.25, -0.2) is 0 Å². The SMILES string of the molecule is CCC(C)(C)c1cc(-n2nc3ccc([N+](=O)[O-])cc3n2)c(O)c(C(C)(C)CC)c1. The number of phenolic OH excluding ortho intramolecular Hbond substituents is 1. The normalized spacial score (nSPS) is 12.5. The van der Waals surface area contributed by atoms with Gasteiger partial charge < -0.3 is 5.11 Å². The number of aromatic hydroxyl groups is 1. The van der Waals surface area contributed by atoms with Crippen molar-refractivity contribution in [2.45, 2.75) is 65.2 Å². The number of nitro groups is 1. The molecule has 0 atom stereocenters. The van der Waals surface area contributed by atoms with E-state index in [0.717, 1.165) is 24.0 Å². The van der Waals surface area contributed by atoms with E-state index in [4.69, 9.17) is 0 Å². The topological polar surface area (TPSA) is 94.1 Å². The number of hydrogen-bond donors (Lipinski definition) is 1. The second-order valence-corrected chi connectivity index (χ2v) is 8.79. The molecule has 2 aromatic carbocycles. The molecule has 0 aliphatic heterocycles. The number of benzene rings is 2. The Balaban J connectivity index is 2.27. The Morgan fingerprint density at radius 2 is 1.62 bits per heavy atom. The molecule has 0 saturated carbocycles. The van der Waals surface area contributed by atoms with Crippen molar-refractivity contribution in [1.29, 1.82) is 0 Å². The first kappa shape index (κ1) is 20.8. The fourth-order valence-corrected chi connectivity index (χ4v) is 3.20. The molecule has 7 heteroatoms. The summed E-state index contributed by atoms with van der Waals surface area (Å²) in [4.78, 5) is 12.0. The summed E-state index contributed by atoms with van der Waals surface area (Å²) in [6.07, 6.45) is 1.79. The average molecular weight is 396 g/mol. The highest BCUT2D eigenvalue weighted by molar-refractivity contribution is 5.77. The van der Waals surface area contributed by atoms with E-state index in [0.29, 0.717) is 16.7 Å².